The topological polar surface area (TPSA) is 93.1 Å². The second-order valence-electron chi connectivity index (χ2n) is 5.69. The lowest BCUT2D eigenvalue weighted by atomic mass is 10.2. The fraction of sp³-hybridized carbons (Fsp3) is 0.375. The van der Waals surface area contributed by atoms with E-state index in [1.807, 2.05) is 11.6 Å². The lowest BCUT2D eigenvalue weighted by Gasteiger charge is -2.11. The molecule has 0 radical (unpaired) electrons. The minimum absolute atomic E-state index is 0.409. The smallest absolute Gasteiger partial charge is 0.310 e. The van der Waals surface area contributed by atoms with Gasteiger partial charge in [-0.2, -0.15) is 18.3 Å². The lowest BCUT2D eigenvalue weighted by Crippen LogP contribution is -2.33. The molecule has 0 fully saturated rings. The third-order valence-corrected chi connectivity index (χ3v) is 5.00. The van der Waals surface area contributed by atoms with Crippen molar-refractivity contribution in [3.63, 3.8) is 0 Å². The van der Waals surface area contributed by atoms with Crippen molar-refractivity contribution in [2.75, 3.05) is 11.9 Å². The van der Waals surface area contributed by atoms with Crippen LogP contribution in [0.3, 0.4) is 0 Å². The summed E-state index contributed by atoms with van der Waals surface area (Å²) in [6.45, 7) is 1.97. The molecule has 11 heteroatoms. The first kappa shape index (κ1) is 20.9. The number of benzene rings is 1. The van der Waals surface area contributed by atoms with Gasteiger partial charge in [0.25, 0.3) is 0 Å². The highest BCUT2D eigenvalue weighted by Crippen LogP contribution is 2.30. The summed E-state index contributed by atoms with van der Waals surface area (Å²) in [5, 5.41) is 6.57. The molecule has 0 unspecified atom stereocenters. The van der Waals surface area contributed by atoms with Gasteiger partial charge in [-0.25, -0.2) is 17.8 Å². The molecule has 7 nitrogen and oxygen atoms in total. The first-order chi connectivity index (χ1) is 12.6. The number of aryl methyl sites for hydroxylation is 1. The lowest BCUT2D eigenvalue weighted by molar-refractivity contribution is -0.137. The molecule has 2 N–H and O–H groups in total. The summed E-state index contributed by atoms with van der Waals surface area (Å²) in [7, 11) is -4.27. The molecular formula is C16H19F3N4O3S. The molecule has 148 valence electrons. The number of carbonyl (C=O) groups excluding carboxylic acids is 1. The molecule has 0 spiro atoms. The van der Waals surface area contributed by atoms with Crippen LogP contribution in [0.25, 0.3) is 0 Å². The van der Waals surface area contributed by atoms with Crippen LogP contribution in [-0.4, -0.2) is 30.7 Å². The van der Waals surface area contributed by atoms with Crippen LogP contribution in [0, 0.1) is 0 Å². The van der Waals surface area contributed by atoms with Gasteiger partial charge < -0.3 is 5.32 Å². The number of rotatable bonds is 8. The van der Waals surface area contributed by atoms with E-state index in [-0.39, 0.29) is 0 Å². The molecule has 1 aromatic carbocycles. The Labute approximate surface area is 154 Å². The molecule has 1 aromatic heterocycles. The minimum atomic E-state index is -4.67. The summed E-state index contributed by atoms with van der Waals surface area (Å²) >= 11 is 0. The van der Waals surface area contributed by atoms with Gasteiger partial charge in [-0.15, -0.1) is 0 Å². The normalized spacial score (nSPS) is 12.1. The van der Waals surface area contributed by atoms with Crippen LogP contribution >= 0.6 is 0 Å². The van der Waals surface area contributed by atoms with E-state index in [1.165, 1.54) is 6.20 Å². The Hall–Kier alpha value is -2.40. The molecule has 0 atom stereocenters. The van der Waals surface area contributed by atoms with Crippen molar-refractivity contribution in [3.05, 3.63) is 42.1 Å². The Morgan fingerprint density at radius 3 is 2.67 bits per heavy atom. The minimum Gasteiger partial charge on any atom is -0.310 e. The van der Waals surface area contributed by atoms with Gasteiger partial charge in [-0.1, -0.05) is 19.4 Å². The quantitative estimate of drug-likeness (QED) is 0.707. The van der Waals surface area contributed by atoms with Gasteiger partial charge >= 0.3 is 6.18 Å². The number of carbonyl (C=O) groups is 1. The average Bonchev–Trinajstić information content (AvgIpc) is 3.04. The van der Waals surface area contributed by atoms with E-state index < -0.39 is 39.1 Å². The largest absolute Gasteiger partial charge is 0.416 e. The van der Waals surface area contributed by atoms with Gasteiger partial charge in [0.1, 0.15) is 5.82 Å². The predicted molar refractivity (Wildman–Crippen MR) is 92.4 cm³/mol. The van der Waals surface area contributed by atoms with E-state index in [2.05, 4.69) is 10.4 Å². The van der Waals surface area contributed by atoms with Crippen LogP contribution < -0.4 is 10.0 Å². The van der Waals surface area contributed by atoms with Gasteiger partial charge in [-0.3, -0.25) is 4.79 Å². The van der Waals surface area contributed by atoms with Gasteiger partial charge in [0.15, 0.2) is 0 Å². The van der Waals surface area contributed by atoms with Gasteiger partial charge in [0.05, 0.1) is 23.2 Å². The van der Waals surface area contributed by atoms with Gasteiger partial charge in [0, 0.05) is 12.6 Å². The van der Waals surface area contributed by atoms with E-state index in [9.17, 15) is 26.4 Å². The van der Waals surface area contributed by atoms with Crippen molar-refractivity contribution in [2.45, 2.75) is 37.4 Å². The summed E-state index contributed by atoms with van der Waals surface area (Å²) in [6.07, 6.45) is -1.38. The summed E-state index contributed by atoms with van der Waals surface area (Å²) in [5.74, 6) is -0.254. The number of aromatic nitrogens is 2. The third kappa shape index (κ3) is 5.79. The zero-order valence-electron chi connectivity index (χ0n) is 14.5. The fourth-order valence-corrected chi connectivity index (χ4v) is 3.22. The standard InChI is InChI=1S/C16H19F3N4O3S/c1-2-3-9-23-14(7-8-20-23)22-15(24)11-21-27(25,26)13-6-4-5-12(10-13)16(17,18)19/h4-8,10,21H,2-3,9,11H2,1H3,(H,22,24). The summed E-state index contributed by atoms with van der Waals surface area (Å²) in [4.78, 5) is 11.4. The molecule has 2 rings (SSSR count). The maximum atomic E-state index is 12.7. The molecule has 0 aliphatic carbocycles. The van der Waals surface area contributed by atoms with Crippen molar-refractivity contribution in [1.29, 1.82) is 0 Å². The number of unbranched alkanes of at least 4 members (excludes halogenated alkanes) is 1. The van der Waals surface area contributed by atoms with Crippen LogP contribution in [-0.2, 0) is 27.5 Å². The molecule has 0 aliphatic heterocycles. The summed E-state index contributed by atoms with van der Waals surface area (Å²) in [5.41, 5.74) is -1.09. The van der Waals surface area contributed by atoms with Crippen molar-refractivity contribution in [2.24, 2.45) is 0 Å². The number of anilines is 1. The number of hydrogen-bond donors (Lipinski definition) is 2. The Bertz CT molecular complexity index is 894. The van der Waals surface area contributed by atoms with E-state index >= 15 is 0 Å². The third-order valence-electron chi connectivity index (χ3n) is 3.60. The maximum Gasteiger partial charge on any atom is 0.416 e. The number of amides is 1. The predicted octanol–water partition coefficient (Wildman–Crippen LogP) is 2.62. The molecule has 27 heavy (non-hydrogen) atoms. The first-order valence-corrected chi connectivity index (χ1v) is 9.60. The zero-order chi connectivity index (χ0) is 20.1. The van der Waals surface area contributed by atoms with E-state index in [1.54, 1.807) is 10.7 Å². The highest BCUT2D eigenvalue weighted by Gasteiger charge is 2.31. The molecule has 2 aromatic rings. The van der Waals surface area contributed by atoms with Crippen LogP contribution in [0.1, 0.15) is 25.3 Å². The molecule has 0 saturated heterocycles. The highest BCUT2D eigenvalue weighted by atomic mass is 32.2. The van der Waals surface area contributed by atoms with Crippen LogP contribution in [0.5, 0.6) is 0 Å². The Balaban J connectivity index is 2.01. The number of alkyl halides is 3. The monoisotopic (exact) mass is 404 g/mol. The molecule has 0 bridgehead atoms. The zero-order valence-corrected chi connectivity index (χ0v) is 15.3. The van der Waals surface area contributed by atoms with Crippen LogP contribution in [0.2, 0.25) is 0 Å². The molecular weight excluding hydrogens is 385 g/mol. The summed E-state index contributed by atoms with van der Waals surface area (Å²) in [6, 6.07) is 4.86. The van der Waals surface area contributed by atoms with Crippen molar-refractivity contribution in [3.8, 4) is 0 Å². The second kappa shape index (κ2) is 8.53. The molecule has 0 saturated carbocycles. The molecule has 0 aliphatic rings. The SMILES string of the molecule is CCCCn1nccc1NC(=O)CNS(=O)(=O)c1cccc(C(F)(F)F)c1. The Morgan fingerprint density at radius 2 is 2.00 bits per heavy atom. The molecule has 1 heterocycles. The van der Waals surface area contributed by atoms with Crippen molar-refractivity contribution < 1.29 is 26.4 Å². The maximum absolute atomic E-state index is 12.7. The van der Waals surface area contributed by atoms with E-state index in [4.69, 9.17) is 0 Å². The Morgan fingerprint density at radius 1 is 1.26 bits per heavy atom. The number of hydrogen-bond acceptors (Lipinski definition) is 4. The van der Waals surface area contributed by atoms with Gasteiger partial charge in [0.2, 0.25) is 15.9 Å². The first-order valence-electron chi connectivity index (χ1n) is 8.12. The van der Waals surface area contributed by atoms with Crippen LogP contribution in [0.15, 0.2) is 41.4 Å². The molecule has 1 amide bonds. The van der Waals surface area contributed by atoms with E-state index in [0.717, 1.165) is 31.0 Å². The average molecular weight is 404 g/mol. The van der Waals surface area contributed by atoms with Crippen LogP contribution in [0.4, 0.5) is 19.0 Å². The second-order valence-corrected chi connectivity index (χ2v) is 7.46. The Kier molecular flexibility index (Phi) is 6.60. The van der Waals surface area contributed by atoms with E-state index in [0.29, 0.717) is 18.4 Å². The number of sulfonamides is 1. The number of halogens is 3. The number of nitrogens with zero attached hydrogens (tertiary/aromatic N) is 2. The van der Waals surface area contributed by atoms with Gasteiger partial charge in [-0.05, 0) is 24.6 Å². The highest BCUT2D eigenvalue weighted by molar-refractivity contribution is 7.89. The number of nitrogens with one attached hydrogen (secondary N) is 2. The summed E-state index contributed by atoms with van der Waals surface area (Å²) < 4.78 is 66.0. The van der Waals surface area contributed by atoms with Crippen molar-refractivity contribution >= 4 is 21.7 Å². The van der Waals surface area contributed by atoms with Crippen molar-refractivity contribution in [1.82, 2.24) is 14.5 Å². The fourth-order valence-electron chi connectivity index (χ4n) is 2.20.